The van der Waals surface area contributed by atoms with Crippen molar-refractivity contribution >= 4 is 5.96 Å². The van der Waals surface area contributed by atoms with Gasteiger partial charge in [-0.2, -0.15) is 15.4 Å². The van der Waals surface area contributed by atoms with Gasteiger partial charge >= 0.3 is 0 Å². The smallest absolute Gasteiger partial charge is 0.186 e. The maximum atomic E-state index is 6.81. The second-order valence-corrected chi connectivity index (χ2v) is 1.73. The topological polar surface area (TPSA) is 103 Å². The van der Waals surface area contributed by atoms with Gasteiger partial charge in [-0.25, -0.2) is 0 Å². The fourth-order valence-corrected chi connectivity index (χ4v) is 0.496. The molecule has 0 unspecified atom stereocenters. The van der Waals surface area contributed by atoms with Crippen LogP contribution in [0.3, 0.4) is 0 Å². The molecule has 1 rings (SSSR count). The SMILES string of the molecule is N=C(N)NCc1cn[nH]n1. The molecular formula is C4H8N6. The first-order chi connectivity index (χ1) is 4.79. The van der Waals surface area contributed by atoms with Crippen molar-refractivity contribution in [3.05, 3.63) is 11.9 Å². The molecule has 10 heavy (non-hydrogen) atoms. The first-order valence-corrected chi connectivity index (χ1v) is 2.71. The Kier molecular flexibility index (Phi) is 1.83. The molecule has 0 radical (unpaired) electrons. The van der Waals surface area contributed by atoms with Gasteiger partial charge in [-0.1, -0.05) is 0 Å². The largest absolute Gasteiger partial charge is 0.370 e. The highest BCUT2D eigenvalue weighted by molar-refractivity contribution is 5.74. The number of aromatic amines is 1. The van der Waals surface area contributed by atoms with E-state index in [1.165, 1.54) is 0 Å². The number of nitrogens with zero attached hydrogens (tertiary/aromatic N) is 2. The lowest BCUT2D eigenvalue weighted by Crippen LogP contribution is -2.29. The van der Waals surface area contributed by atoms with E-state index in [2.05, 4.69) is 20.7 Å². The quantitative estimate of drug-likeness (QED) is 0.305. The van der Waals surface area contributed by atoms with Gasteiger partial charge in [0.15, 0.2) is 5.96 Å². The van der Waals surface area contributed by atoms with Crippen LogP contribution >= 0.6 is 0 Å². The zero-order valence-corrected chi connectivity index (χ0v) is 5.26. The molecule has 0 saturated carbocycles. The second-order valence-electron chi connectivity index (χ2n) is 1.73. The minimum absolute atomic E-state index is 0.0667. The molecule has 5 N–H and O–H groups in total. The molecule has 0 spiro atoms. The molecule has 0 aromatic carbocycles. The molecule has 1 aromatic heterocycles. The van der Waals surface area contributed by atoms with Crippen molar-refractivity contribution in [1.82, 2.24) is 20.7 Å². The van der Waals surface area contributed by atoms with Gasteiger partial charge in [-0.05, 0) is 0 Å². The number of hydrogen-bond acceptors (Lipinski definition) is 3. The Labute approximate surface area is 57.3 Å². The predicted molar refractivity (Wildman–Crippen MR) is 35.1 cm³/mol. The van der Waals surface area contributed by atoms with E-state index < -0.39 is 0 Å². The Balaban J connectivity index is 2.35. The molecule has 1 aromatic rings. The number of guanidine groups is 1. The second kappa shape index (κ2) is 2.81. The van der Waals surface area contributed by atoms with Crippen LogP contribution in [0.1, 0.15) is 5.69 Å². The van der Waals surface area contributed by atoms with Crippen molar-refractivity contribution in [2.75, 3.05) is 0 Å². The summed E-state index contributed by atoms with van der Waals surface area (Å²) >= 11 is 0. The van der Waals surface area contributed by atoms with Gasteiger partial charge in [-0.3, -0.25) is 5.41 Å². The van der Waals surface area contributed by atoms with Gasteiger partial charge in [0.25, 0.3) is 0 Å². The molecule has 0 fully saturated rings. The molecule has 6 heteroatoms. The van der Waals surface area contributed by atoms with Gasteiger partial charge in [0, 0.05) is 0 Å². The fourth-order valence-electron chi connectivity index (χ4n) is 0.496. The molecule has 0 aliphatic carbocycles. The summed E-state index contributed by atoms with van der Waals surface area (Å²) in [5.41, 5.74) is 5.75. The summed E-state index contributed by atoms with van der Waals surface area (Å²) < 4.78 is 0. The molecule has 0 aliphatic heterocycles. The number of rotatable bonds is 2. The van der Waals surface area contributed by atoms with Gasteiger partial charge in [-0.15, -0.1) is 0 Å². The third kappa shape index (κ3) is 1.73. The highest BCUT2D eigenvalue weighted by atomic mass is 15.3. The van der Waals surface area contributed by atoms with Gasteiger partial charge in [0.1, 0.15) is 5.69 Å². The van der Waals surface area contributed by atoms with E-state index >= 15 is 0 Å². The van der Waals surface area contributed by atoms with Crippen molar-refractivity contribution in [1.29, 1.82) is 5.41 Å². The van der Waals surface area contributed by atoms with Crippen molar-refractivity contribution in [2.45, 2.75) is 6.54 Å². The Morgan fingerprint density at radius 1 is 1.90 bits per heavy atom. The minimum Gasteiger partial charge on any atom is -0.370 e. The van der Waals surface area contributed by atoms with E-state index in [0.29, 0.717) is 6.54 Å². The summed E-state index contributed by atoms with van der Waals surface area (Å²) in [5.74, 6) is -0.0667. The summed E-state index contributed by atoms with van der Waals surface area (Å²) in [4.78, 5) is 0. The highest BCUT2D eigenvalue weighted by Crippen LogP contribution is 1.84. The average molecular weight is 140 g/mol. The Morgan fingerprint density at radius 3 is 3.20 bits per heavy atom. The average Bonchev–Trinajstić information content (AvgIpc) is 2.34. The van der Waals surface area contributed by atoms with Gasteiger partial charge in [0.2, 0.25) is 0 Å². The Bertz CT molecular complexity index is 202. The van der Waals surface area contributed by atoms with Gasteiger partial charge < -0.3 is 11.1 Å². The van der Waals surface area contributed by atoms with E-state index in [0.717, 1.165) is 5.69 Å². The molecule has 0 atom stereocenters. The van der Waals surface area contributed by atoms with Crippen LogP contribution in [-0.4, -0.2) is 21.4 Å². The van der Waals surface area contributed by atoms with Crippen LogP contribution in [0.2, 0.25) is 0 Å². The first-order valence-electron chi connectivity index (χ1n) is 2.71. The minimum atomic E-state index is -0.0667. The monoisotopic (exact) mass is 140 g/mol. The molecule has 1 heterocycles. The van der Waals surface area contributed by atoms with Crippen LogP contribution in [0.15, 0.2) is 6.20 Å². The lowest BCUT2D eigenvalue weighted by Gasteiger charge is -1.97. The van der Waals surface area contributed by atoms with E-state index in [1.54, 1.807) is 6.20 Å². The lowest BCUT2D eigenvalue weighted by atomic mass is 10.5. The molecule has 6 nitrogen and oxygen atoms in total. The van der Waals surface area contributed by atoms with Crippen LogP contribution in [0.25, 0.3) is 0 Å². The summed E-state index contributed by atoms with van der Waals surface area (Å²) in [7, 11) is 0. The Morgan fingerprint density at radius 2 is 2.70 bits per heavy atom. The van der Waals surface area contributed by atoms with E-state index in [-0.39, 0.29) is 5.96 Å². The number of hydrogen-bond donors (Lipinski definition) is 4. The fraction of sp³-hybridized carbons (Fsp3) is 0.250. The lowest BCUT2D eigenvalue weighted by molar-refractivity contribution is 0.837. The molecule has 54 valence electrons. The van der Waals surface area contributed by atoms with Crippen LogP contribution in [0.4, 0.5) is 0 Å². The predicted octanol–water partition coefficient (Wildman–Crippen LogP) is -1.21. The molecule has 0 bridgehead atoms. The van der Waals surface area contributed by atoms with E-state index in [1.807, 2.05) is 0 Å². The van der Waals surface area contributed by atoms with Crippen LogP contribution in [0.5, 0.6) is 0 Å². The first kappa shape index (κ1) is 6.53. The number of aromatic nitrogens is 3. The molecule has 0 aliphatic rings. The van der Waals surface area contributed by atoms with Crippen LogP contribution in [-0.2, 0) is 6.54 Å². The standard InChI is InChI=1S/C4H8N6/c5-4(6)7-1-3-2-8-10-9-3/h2H,1H2,(H4,5,6,7)(H,8,9,10). The summed E-state index contributed by atoms with van der Waals surface area (Å²) in [6.07, 6.45) is 1.57. The van der Waals surface area contributed by atoms with Crippen molar-refractivity contribution < 1.29 is 0 Å². The zero-order valence-electron chi connectivity index (χ0n) is 5.26. The number of H-pyrrole nitrogens is 1. The van der Waals surface area contributed by atoms with Crippen LogP contribution < -0.4 is 11.1 Å². The van der Waals surface area contributed by atoms with Crippen molar-refractivity contribution in [2.24, 2.45) is 5.73 Å². The maximum absolute atomic E-state index is 6.81. The zero-order chi connectivity index (χ0) is 7.40. The summed E-state index contributed by atoms with van der Waals surface area (Å²) in [6, 6.07) is 0. The maximum Gasteiger partial charge on any atom is 0.186 e. The normalized spacial score (nSPS) is 9.20. The third-order valence-corrected chi connectivity index (χ3v) is 0.925. The highest BCUT2D eigenvalue weighted by Gasteiger charge is 1.93. The summed E-state index contributed by atoms with van der Waals surface area (Å²) in [5, 5.41) is 19.1. The van der Waals surface area contributed by atoms with Crippen LogP contribution in [0, 0.1) is 5.41 Å². The van der Waals surface area contributed by atoms with Crippen molar-refractivity contribution in [3.63, 3.8) is 0 Å². The molecule has 0 amide bonds. The van der Waals surface area contributed by atoms with E-state index in [9.17, 15) is 0 Å². The van der Waals surface area contributed by atoms with Crippen molar-refractivity contribution in [3.8, 4) is 0 Å². The third-order valence-electron chi connectivity index (χ3n) is 0.925. The molecule has 0 saturated heterocycles. The molecular weight excluding hydrogens is 132 g/mol. The van der Waals surface area contributed by atoms with Gasteiger partial charge in [0.05, 0.1) is 12.7 Å². The number of nitrogens with one attached hydrogen (secondary N) is 3. The van der Waals surface area contributed by atoms with E-state index in [4.69, 9.17) is 11.1 Å². The number of nitrogens with two attached hydrogens (primary N) is 1. The summed E-state index contributed by atoms with van der Waals surface area (Å²) in [6.45, 7) is 0.436. The Hall–Kier alpha value is -1.59.